The molecule has 0 aliphatic heterocycles. The average molecular weight is 290 g/mol. The monoisotopic (exact) mass is 290 g/mol. The minimum Gasteiger partial charge on any atom is -0.481 e. The maximum Gasteiger partial charge on any atom is 0.307 e. The lowest BCUT2D eigenvalue weighted by molar-refractivity contribution is -0.148. The normalized spacial score (nSPS) is 24.8. The molecule has 1 saturated carbocycles. The van der Waals surface area contributed by atoms with Gasteiger partial charge in [-0.3, -0.25) is 14.6 Å². The Morgan fingerprint density at radius 3 is 2.48 bits per heavy atom. The zero-order chi connectivity index (χ0) is 15.4. The van der Waals surface area contributed by atoms with Gasteiger partial charge in [0.25, 0.3) is 0 Å². The summed E-state index contributed by atoms with van der Waals surface area (Å²) in [4.78, 5) is 29.5. The third-order valence-electron chi connectivity index (χ3n) is 4.42. The van der Waals surface area contributed by atoms with E-state index in [1.165, 1.54) is 0 Å². The van der Waals surface area contributed by atoms with Gasteiger partial charge in [0.1, 0.15) is 0 Å². The molecule has 1 aliphatic rings. The van der Waals surface area contributed by atoms with Gasteiger partial charge < -0.3 is 10.0 Å². The Morgan fingerprint density at radius 2 is 1.90 bits per heavy atom. The zero-order valence-corrected chi connectivity index (χ0v) is 12.5. The summed E-state index contributed by atoms with van der Waals surface area (Å²) in [6.45, 7) is 2.54. The fourth-order valence-electron chi connectivity index (χ4n) is 3.15. The molecule has 1 aliphatic carbocycles. The Bertz CT molecular complexity index is 504. The molecule has 0 bridgehead atoms. The topological polar surface area (TPSA) is 70.5 Å². The van der Waals surface area contributed by atoms with Crippen LogP contribution in [0.5, 0.6) is 0 Å². The van der Waals surface area contributed by atoms with E-state index in [1.807, 2.05) is 12.1 Å². The molecule has 1 aromatic heterocycles. The van der Waals surface area contributed by atoms with Crippen LogP contribution in [0, 0.1) is 17.8 Å². The molecule has 1 fully saturated rings. The van der Waals surface area contributed by atoms with Crippen LogP contribution in [-0.4, -0.2) is 33.9 Å². The van der Waals surface area contributed by atoms with Gasteiger partial charge in [-0.05, 0) is 36.5 Å². The van der Waals surface area contributed by atoms with E-state index in [-0.39, 0.29) is 11.8 Å². The SMILES string of the molecule is CCC1C[C@H](C(=O)N(C)Cc2ccncc2)[C@H](C(=O)O)C1. The van der Waals surface area contributed by atoms with Crippen LogP contribution in [0.15, 0.2) is 24.5 Å². The number of carbonyl (C=O) groups is 2. The van der Waals surface area contributed by atoms with Gasteiger partial charge in [-0.15, -0.1) is 0 Å². The van der Waals surface area contributed by atoms with Crippen molar-refractivity contribution in [1.82, 2.24) is 9.88 Å². The van der Waals surface area contributed by atoms with Crippen LogP contribution >= 0.6 is 0 Å². The van der Waals surface area contributed by atoms with E-state index in [9.17, 15) is 14.7 Å². The van der Waals surface area contributed by atoms with Crippen molar-refractivity contribution in [3.8, 4) is 0 Å². The van der Waals surface area contributed by atoms with Crippen molar-refractivity contribution in [3.63, 3.8) is 0 Å². The number of carbonyl (C=O) groups excluding carboxylic acids is 1. The number of nitrogens with zero attached hydrogens (tertiary/aromatic N) is 2. The zero-order valence-electron chi connectivity index (χ0n) is 12.5. The second-order valence-electron chi connectivity index (χ2n) is 5.85. The summed E-state index contributed by atoms with van der Waals surface area (Å²) < 4.78 is 0. The molecule has 0 spiro atoms. The molecule has 1 aromatic rings. The van der Waals surface area contributed by atoms with Gasteiger partial charge in [0.15, 0.2) is 0 Å². The molecule has 5 nitrogen and oxygen atoms in total. The summed E-state index contributed by atoms with van der Waals surface area (Å²) in [5.41, 5.74) is 0.998. The number of amides is 1. The molecule has 114 valence electrons. The van der Waals surface area contributed by atoms with E-state index >= 15 is 0 Å². The molecule has 2 rings (SSSR count). The minimum absolute atomic E-state index is 0.0600. The van der Waals surface area contributed by atoms with E-state index in [4.69, 9.17) is 0 Å². The Kier molecular flexibility index (Phi) is 4.94. The van der Waals surface area contributed by atoms with Crippen LogP contribution in [0.4, 0.5) is 0 Å². The lowest BCUT2D eigenvalue weighted by Crippen LogP contribution is -2.36. The van der Waals surface area contributed by atoms with Crippen molar-refractivity contribution in [2.24, 2.45) is 17.8 Å². The van der Waals surface area contributed by atoms with Crippen molar-refractivity contribution in [1.29, 1.82) is 0 Å². The first-order valence-corrected chi connectivity index (χ1v) is 7.39. The van der Waals surface area contributed by atoms with Crippen LogP contribution in [0.1, 0.15) is 31.7 Å². The number of aromatic nitrogens is 1. The molecule has 5 heteroatoms. The van der Waals surface area contributed by atoms with Gasteiger partial charge in [0, 0.05) is 26.0 Å². The predicted octanol–water partition coefficient (Wildman–Crippen LogP) is 2.18. The van der Waals surface area contributed by atoms with Crippen LogP contribution in [-0.2, 0) is 16.1 Å². The number of carboxylic acids is 1. The largest absolute Gasteiger partial charge is 0.481 e. The van der Waals surface area contributed by atoms with Crippen molar-refractivity contribution in [3.05, 3.63) is 30.1 Å². The van der Waals surface area contributed by atoms with Crippen LogP contribution in [0.3, 0.4) is 0 Å². The van der Waals surface area contributed by atoms with Gasteiger partial charge in [0.2, 0.25) is 5.91 Å². The highest BCUT2D eigenvalue weighted by Crippen LogP contribution is 2.39. The highest BCUT2D eigenvalue weighted by molar-refractivity contribution is 5.85. The maximum atomic E-state index is 12.6. The van der Waals surface area contributed by atoms with Crippen LogP contribution in [0.2, 0.25) is 0 Å². The quantitative estimate of drug-likeness (QED) is 0.902. The second kappa shape index (κ2) is 6.70. The van der Waals surface area contributed by atoms with Crippen molar-refractivity contribution in [2.75, 3.05) is 7.05 Å². The molecule has 1 unspecified atom stereocenters. The van der Waals surface area contributed by atoms with E-state index in [1.54, 1.807) is 24.3 Å². The number of carboxylic acid groups (broad SMARTS) is 1. The smallest absolute Gasteiger partial charge is 0.307 e. The van der Waals surface area contributed by atoms with Crippen LogP contribution < -0.4 is 0 Å². The molecule has 1 N–H and O–H groups in total. The van der Waals surface area contributed by atoms with Crippen molar-refractivity contribution in [2.45, 2.75) is 32.7 Å². The first-order chi connectivity index (χ1) is 10.0. The lowest BCUT2D eigenvalue weighted by Gasteiger charge is -2.23. The van der Waals surface area contributed by atoms with Gasteiger partial charge in [0.05, 0.1) is 11.8 Å². The van der Waals surface area contributed by atoms with Gasteiger partial charge in [-0.25, -0.2) is 0 Å². The molecule has 3 atom stereocenters. The highest BCUT2D eigenvalue weighted by Gasteiger charge is 2.43. The molecule has 0 saturated heterocycles. The summed E-state index contributed by atoms with van der Waals surface area (Å²) in [6.07, 6.45) is 5.62. The summed E-state index contributed by atoms with van der Waals surface area (Å²) in [7, 11) is 1.74. The summed E-state index contributed by atoms with van der Waals surface area (Å²) in [5.74, 6) is -1.49. The Balaban J connectivity index is 2.05. The maximum absolute atomic E-state index is 12.6. The van der Waals surface area contributed by atoms with Gasteiger partial charge in [-0.1, -0.05) is 13.3 Å². The summed E-state index contributed by atoms with van der Waals surface area (Å²) >= 11 is 0. The molecular weight excluding hydrogens is 268 g/mol. The molecule has 0 aromatic carbocycles. The molecule has 0 radical (unpaired) electrons. The number of aliphatic carboxylic acids is 1. The molecular formula is C16H22N2O3. The molecule has 21 heavy (non-hydrogen) atoms. The fourth-order valence-corrected chi connectivity index (χ4v) is 3.15. The first-order valence-electron chi connectivity index (χ1n) is 7.39. The molecule has 1 heterocycles. The number of rotatable bonds is 5. The third-order valence-corrected chi connectivity index (χ3v) is 4.42. The van der Waals surface area contributed by atoms with Crippen molar-refractivity contribution >= 4 is 11.9 Å². The molecule has 1 amide bonds. The number of hydrogen-bond donors (Lipinski definition) is 1. The van der Waals surface area contributed by atoms with E-state index < -0.39 is 11.9 Å². The van der Waals surface area contributed by atoms with Gasteiger partial charge in [-0.2, -0.15) is 0 Å². The van der Waals surface area contributed by atoms with E-state index in [2.05, 4.69) is 11.9 Å². The van der Waals surface area contributed by atoms with Gasteiger partial charge >= 0.3 is 5.97 Å². The van der Waals surface area contributed by atoms with E-state index in [0.29, 0.717) is 25.3 Å². The lowest BCUT2D eigenvalue weighted by atomic mass is 9.95. The standard InChI is InChI=1S/C16H22N2O3/c1-3-11-8-13(14(9-11)16(20)21)15(19)18(2)10-12-4-6-17-7-5-12/h4-7,11,13-14H,3,8-10H2,1-2H3,(H,20,21)/t11?,13-,14+/m0/s1. The fraction of sp³-hybridized carbons (Fsp3) is 0.562. The highest BCUT2D eigenvalue weighted by atomic mass is 16.4. The summed E-state index contributed by atoms with van der Waals surface area (Å²) in [5, 5.41) is 9.34. The summed E-state index contributed by atoms with van der Waals surface area (Å²) in [6, 6.07) is 3.73. The van der Waals surface area contributed by atoms with Crippen LogP contribution in [0.25, 0.3) is 0 Å². The minimum atomic E-state index is -0.846. The number of pyridine rings is 1. The van der Waals surface area contributed by atoms with Crippen molar-refractivity contribution < 1.29 is 14.7 Å². The predicted molar refractivity (Wildman–Crippen MR) is 78.3 cm³/mol. The Morgan fingerprint density at radius 1 is 1.29 bits per heavy atom. The third kappa shape index (κ3) is 3.60. The number of hydrogen-bond acceptors (Lipinski definition) is 3. The second-order valence-corrected chi connectivity index (χ2v) is 5.85. The Labute approximate surface area is 125 Å². The first kappa shape index (κ1) is 15.5. The average Bonchev–Trinajstić information content (AvgIpc) is 2.92. The van der Waals surface area contributed by atoms with E-state index in [0.717, 1.165) is 12.0 Å². The Hall–Kier alpha value is -1.91.